The van der Waals surface area contributed by atoms with Gasteiger partial charge in [0.1, 0.15) is 5.78 Å². The van der Waals surface area contributed by atoms with Crippen molar-refractivity contribution in [1.29, 1.82) is 0 Å². The van der Waals surface area contributed by atoms with E-state index in [1.807, 2.05) is 13.8 Å². The maximum atomic E-state index is 12.0. The predicted molar refractivity (Wildman–Crippen MR) is 106 cm³/mol. The van der Waals surface area contributed by atoms with Gasteiger partial charge in [-0.2, -0.15) is 0 Å². The summed E-state index contributed by atoms with van der Waals surface area (Å²) in [6.45, 7) is 8.95. The highest BCUT2D eigenvalue weighted by atomic mass is 16.3. The molecule has 1 N–H and O–H groups in total. The van der Waals surface area contributed by atoms with Crippen molar-refractivity contribution in [3.05, 3.63) is 0 Å². The Kier molecular flexibility index (Phi) is 4.82. The van der Waals surface area contributed by atoms with E-state index in [-0.39, 0.29) is 6.10 Å². The molecule has 2 heteroatoms. The van der Waals surface area contributed by atoms with Crippen LogP contribution in [0, 0.1) is 46.3 Å². The second-order valence-electron chi connectivity index (χ2n) is 11.1. The molecular formula is C24H40O2. The van der Waals surface area contributed by atoms with Crippen LogP contribution in [0.25, 0.3) is 0 Å². The summed E-state index contributed by atoms with van der Waals surface area (Å²) in [5, 5.41) is 10.5. The van der Waals surface area contributed by atoms with Gasteiger partial charge >= 0.3 is 0 Å². The molecule has 4 aliphatic rings. The number of Topliss-reactive ketones (excluding diaryl/α,β-unsaturated/α-hetero) is 1. The first kappa shape index (κ1) is 19.0. The minimum absolute atomic E-state index is 0.155. The van der Waals surface area contributed by atoms with Gasteiger partial charge in [0.2, 0.25) is 0 Å². The fourth-order valence-corrected chi connectivity index (χ4v) is 8.66. The van der Waals surface area contributed by atoms with Crippen LogP contribution in [0.15, 0.2) is 0 Å². The number of carbonyl (C=O) groups excluding carboxylic acids is 1. The van der Waals surface area contributed by atoms with Gasteiger partial charge in [-0.1, -0.05) is 20.3 Å². The van der Waals surface area contributed by atoms with Crippen LogP contribution in [0.5, 0.6) is 0 Å². The average Bonchev–Trinajstić information content (AvgIpc) is 2.59. The quantitative estimate of drug-likeness (QED) is 0.694. The molecule has 4 rings (SSSR count). The molecule has 2 nitrogen and oxygen atoms in total. The smallest absolute Gasteiger partial charge is 0.132 e. The molecule has 0 aliphatic heterocycles. The number of rotatable bonds is 2. The first-order chi connectivity index (χ1) is 12.3. The third-order valence-corrected chi connectivity index (χ3v) is 10.1. The monoisotopic (exact) mass is 360 g/mol. The Morgan fingerprint density at radius 2 is 1.65 bits per heavy atom. The molecule has 0 aromatic carbocycles. The van der Waals surface area contributed by atoms with Crippen LogP contribution < -0.4 is 0 Å². The van der Waals surface area contributed by atoms with E-state index in [4.69, 9.17) is 0 Å². The molecule has 0 heterocycles. The van der Waals surface area contributed by atoms with Crippen LogP contribution in [-0.2, 0) is 4.79 Å². The number of aliphatic hydroxyl groups excluding tert-OH is 1. The van der Waals surface area contributed by atoms with Crippen molar-refractivity contribution >= 4 is 5.78 Å². The molecule has 4 fully saturated rings. The van der Waals surface area contributed by atoms with Crippen LogP contribution in [0.1, 0.15) is 91.9 Å². The van der Waals surface area contributed by atoms with E-state index >= 15 is 0 Å². The van der Waals surface area contributed by atoms with E-state index in [0.717, 1.165) is 36.5 Å². The van der Waals surface area contributed by atoms with E-state index in [1.54, 1.807) is 0 Å². The van der Waals surface area contributed by atoms with Crippen LogP contribution in [0.4, 0.5) is 0 Å². The minimum Gasteiger partial charge on any atom is -0.393 e. The third-order valence-electron chi connectivity index (χ3n) is 10.1. The molecule has 0 radical (unpaired) electrons. The summed E-state index contributed by atoms with van der Waals surface area (Å²) >= 11 is 0. The Labute approximate surface area is 160 Å². The van der Waals surface area contributed by atoms with Crippen LogP contribution in [-0.4, -0.2) is 17.0 Å². The summed E-state index contributed by atoms with van der Waals surface area (Å²) in [5.41, 5.74) is 0.821. The van der Waals surface area contributed by atoms with Crippen LogP contribution in [0.3, 0.4) is 0 Å². The second-order valence-corrected chi connectivity index (χ2v) is 11.1. The highest BCUT2D eigenvalue weighted by Crippen LogP contribution is 2.67. The van der Waals surface area contributed by atoms with Gasteiger partial charge in [0, 0.05) is 5.92 Å². The van der Waals surface area contributed by atoms with Crippen molar-refractivity contribution in [3.8, 4) is 0 Å². The number of ketones is 1. The Morgan fingerprint density at radius 3 is 2.35 bits per heavy atom. The Bertz CT molecular complexity index is 554. The predicted octanol–water partition coefficient (Wildman–Crippen LogP) is 5.62. The van der Waals surface area contributed by atoms with Gasteiger partial charge in [0.25, 0.3) is 0 Å². The SMILES string of the molecule is CC(=O)[C@H]1CC[C@@]2(C)[C@@H](CC[C@H]3[C@H]2CC[C@]2(C)[C@@H]([C@@H](C)O)CCC[C@@H]32)C1. The molecule has 0 unspecified atom stereocenters. The molecule has 4 aliphatic carbocycles. The Balaban J connectivity index is 1.58. The number of carbonyl (C=O) groups is 1. The van der Waals surface area contributed by atoms with Gasteiger partial charge in [-0.15, -0.1) is 0 Å². The topological polar surface area (TPSA) is 37.3 Å². The van der Waals surface area contributed by atoms with Gasteiger partial charge in [0.05, 0.1) is 6.10 Å². The molecular weight excluding hydrogens is 320 g/mol. The summed E-state index contributed by atoms with van der Waals surface area (Å²) < 4.78 is 0. The van der Waals surface area contributed by atoms with Gasteiger partial charge in [-0.3, -0.25) is 4.79 Å². The lowest BCUT2D eigenvalue weighted by Gasteiger charge is -2.64. The number of hydrogen-bond acceptors (Lipinski definition) is 2. The molecule has 4 saturated carbocycles. The zero-order chi connectivity index (χ0) is 18.7. The maximum absolute atomic E-state index is 12.0. The van der Waals surface area contributed by atoms with Crippen LogP contribution in [0.2, 0.25) is 0 Å². The van der Waals surface area contributed by atoms with Gasteiger partial charge in [0.15, 0.2) is 0 Å². The molecule has 0 bridgehead atoms. The number of aliphatic hydroxyl groups is 1. The van der Waals surface area contributed by atoms with E-state index < -0.39 is 0 Å². The first-order valence-corrected chi connectivity index (χ1v) is 11.5. The molecule has 0 saturated heterocycles. The third kappa shape index (κ3) is 2.73. The Morgan fingerprint density at radius 1 is 0.962 bits per heavy atom. The standard InChI is InChI=1S/C24H40O2/c1-15(25)17-10-12-23(3)18(14-17)8-9-19-21-7-5-6-20(16(2)26)24(21,4)13-11-22(19)23/h16-22,26H,5-14H2,1-4H3/t16-,17+,18+,19-,20-,21+,22-,23+,24-/m1/s1. The number of hydrogen-bond donors (Lipinski definition) is 1. The van der Waals surface area contributed by atoms with Crippen molar-refractivity contribution in [2.75, 3.05) is 0 Å². The summed E-state index contributed by atoms with van der Waals surface area (Å²) in [4.78, 5) is 12.0. The van der Waals surface area contributed by atoms with Crippen LogP contribution >= 0.6 is 0 Å². The van der Waals surface area contributed by atoms with E-state index in [2.05, 4.69) is 13.8 Å². The molecule has 0 spiro atoms. The zero-order valence-corrected chi connectivity index (χ0v) is 17.5. The summed E-state index contributed by atoms with van der Waals surface area (Å²) in [5.74, 6) is 4.58. The lowest BCUT2D eigenvalue weighted by atomic mass is 9.41. The Hall–Kier alpha value is -0.370. The molecule has 0 aromatic rings. The van der Waals surface area contributed by atoms with Crippen molar-refractivity contribution in [2.24, 2.45) is 46.3 Å². The van der Waals surface area contributed by atoms with Crippen molar-refractivity contribution < 1.29 is 9.90 Å². The van der Waals surface area contributed by atoms with E-state index in [0.29, 0.717) is 28.4 Å². The highest BCUT2D eigenvalue weighted by Gasteiger charge is 2.59. The second kappa shape index (κ2) is 6.61. The normalized spacial score (nSPS) is 52.3. The van der Waals surface area contributed by atoms with Crippen molar-refractivity contribution in [3.63, 3.8) is 0 Å². The largest absolute Gasteiger partial charge is 0.393 e. The zero-order valence-electron chi connectivity index (χ0n) is 17.5. The fourth-order valence-electron chi connectivity index (χ4n) is 8.66. The van der Waals surface area contributed by atoms with E-state index in [1.165, 1.54) is 51.4 Å². The lowest BCUT2D eigenvalue weighted by Crippen LogP contribution is -2.57. The van der Waals surface area contributed by atoms with E-state index in [9.17, 15) is 9.90 Å². The molecule has 0 aromatic heterocycles. The summed E-state index contributed by atoms with van der Waals surface area (Å²) in [7, 11) is 0. The summed E-state index contributed by atoms with van der Waals surface area (Å²) in [6, 6.07) is 0. The van der Waals surface area contributed by atoms with Gasteiger partial charge in [-0.25, -0.2) is 0 Å². The molecule has 0 amide bonds. The molecule has 26 heavy (non-hydrogen) atoms. The summed E-state index contributed by atoms with van der Waals surface area (Å²) in [6.07, 6.45) is 12.7. The minimum atomic E-state index is -0.155. The van der Waals surface area contributed by atoms with Gasteiger partial charge in [-0.05, 0) is 112 Å². The fraction of sp³-hybridized carbons (Fsp3) is 0.958. The first-order valence-electron chi connectivity index (χ1n) is 11.5. The highest BCUT2D eigenvalue weighted by molar-refractivity contribution is 5.78. The van der Waals surface area contributed by atoms with Gasteiger partial charge < -0.3 is 5.11 Å². The lowest BCUT2D eigenvalue weighted by molar-refractivity contribution is -0.160. The van der Waals surface area contributed by atoms with Crippen molar-refractivity contribution in [1.82, 2.24) is 0 Å². The molecule has 9 atom stereocenters. The maximum Gasteiger partial charge on any atom is 0.132 e. The number of fused-ring (bicyclic) bond motifs is 5. The average molecular weight is 361 g/mol. The molecule has 148 valence electrons. The van der Waals surface area contributed by atoms with Crippen molar-refractivity contribution in [2.45, 2.75) is 98.0 Å².